The van der Waals surface area contributed by atoms with E-state index in [1.54, 1.807) is 0 Å². The van der Waals surface area contributed by atoms with Crippen LogP contribution in [0, 0.1) is 0 Å². The first-order chi connectivity index (χ1) is 8.52. The highest BCUT2D eigenvalue weighted by atomic mass is 15.0. The van der Waals surface area contributed by atoms with Gasteiger partial charge in [0, 0.05) is 17.9 Å². The number of anilines is 1. The first-order valence-corrected chi connectivity index (χ1v) is 6.83. The van der Waals surface area contributed by atoms with E-state index in [0.29, 0.717) is 12.5 Å². The molecule has 1 aromatic rings. The first-order valence-electron chi connectivity index (χ1n) is 6.83. The summed E-state index contributed by atoms with van der Waals surface area (Å²) in [6, 6.07) is 0. The fourth-order valence-electron chi connectivity index (χ4n) is 1.96. The summed E-state index contributed by atoms with van der Waals surface area (Å²) in [6.45, 7) is 8.17. The smallest absolute Gasteiger partial charge is 0.131 e. The molecule has 0 saturated heterocycles. The molecule has 0 unspecified atom stereocenters. The molecule has 0 radical (unpaired) electrons. The van der Waals surface area contributed by atoms with E-state index < -0.39 is 0 Å². The SMILES string of the molecule is CC(C)(C)c1nc(C2CC2)ncc1NCCCN. The van der Waals surface area contributed by atoms with Crippen molar-refractivity contribution in [3.63, 3.8) is 0 Å². The van der Waals surface area contributed by atoms with Gasteiger partial charge in [-0.2, -0.15) is 0 Å². The van der Waals surface area contributed by atoms with Crippen molar-refractivity contribution in [1.29, 1.82) is 0 Å². The molecule has 0 spiro atoms. The molecule has 0 bridgehead atoms. The van der Waals surface area contributed by atoms with Gasteiger partial charge in [0.25, 0.3) is 0 Å². The molecule has 100 valence electrons. The van der Waals surface area contributed by atoms with Gasteiger partial charge in [-0.25, -0.2) is 9.97 Å². The zero-order valence-corrected chi connectivity index (χ0v) is 11.7. The van der Waals surface area contributed by atoms with E-state index in [-0.39, 0.29) is 5.41 Å². The van der Waals surface area contributed by atoms with Gasteiger partial charge in [0.2, 0.25) is 0 Å². The van der Waals surface area contributed by atoms with Crippen molar-refractivity contribution in [2.75, 3.05) is 18.4 Å². The van der Waals surface area contributed by atoms with E-state index >= 15 is 0 Å². The van der Waals surface area contributed by atoms with Crippen LogP contribution in [0.4, 0.5) is 5.69 Å². The van der Waals surface area contributed by atoms with Gasteiger partial charge in [0.1, 0.15) is 5.82 Å². The van der Waals surface area contributed by atoms with E-state index in [2.05, 4.69) is 31.1 Å². The Kier molecular flexibility index (Phi) is 3.85. The molecule has 4 nitrogen and oxygen atoms in total. The molecule has 1 aliphatic carbocycles. The highest BCUT2D eigenvalue weighted by molar-refractivity contribution is 5.49. The maximum Gasteiger partial charge on any atom is 0.131 e. The van der Waals surface area contributed by atoms with E-state index in [9.17, 15) is 0 Å². The number of nitrogens with zero attached hydrogens (tertiary/aromatic N) is 2. The molecule has 0 atom stereocenters. The number of nitrogens with two attached hydrogens (primary N) is 1. The largest absolute Gasteiger partial charge is 0.382 e. The third-order valence-electron chi connectivity index (χ3n) is 3.16. The summed E-state index contributed by atoms with van der Waals surface area (Å²) in [7, 11) is 0. The summed E-state index contributed by atoms with van der Waals surface area (Å²) < 4.78 is 0. The molecule has 18 heavy (non-hydrogen) atoms. The van der Waals surface area contributed by atoms with Crippen molar-refractivity contribution in [2.45, 2.75) is 51.4 Å². The lowest BCUT2D eigenvalue weighted by Crippen LogP contribution is -2.20. The Bertz CT molecular complexity index is 405. The van der Waals surface area contributed by atoms with Gasteiger partial charge in [-0.1, -0.05) is 20.8 Å². The summed E-state index contributed by atoms with van der Waals surface area (Å²) in [5, 5.41) is 3.40. The van der Waals surface area contributed by atoms with E-state index in [4.69, 9.17) is 10.7 Å². The van der Waals surface area contributed by atoms with Crippen LogP contribution < -0.4 is 11.1 Å². The maximum atomic E-state index is 5.52. The second-order valence-corrected chi connectivity index (χ2v) is 6.08. The van der Waals surface area contributed by atoms with Gasteiger partial charge in [-0.05, 0) is 25.8 Å². The Labute approximate surface area is 109 Å². The van der Waals surface area contributed by atoms with Crippen LogP contribution in [0.2, 0.25) is 0 Å². The van der Waals surface area contributed by atoms with Gasteiger partial charge in [0.05, 0.1) is 17.6 Å². The Hall–Kier alpha value is -1.16. The zero-order chi connectivity index (χ0) is 13.2. The molecule has 1 aliphatic rings. The van der Waals surface area contributed by atoms with Crippen LogP contribution in [0.1, 0.15) is 57.5 Å². The van der Waals surface area contributed by atoms with Crippen LogP contribution >= 0.6 is 0 Å². The van der Waals surface area contributed by atoms with Crippen molar-refractivity contribution in [3.8, 4) is 0 Å². The van der Waals surface area contributed by atoms with E-state index in [1.807, 2.05) is 6.20 Å². The molecule has 1 saturated carbocycles. The topological polar surface area (TPSA) is 63.8 Å². The minimum Gasteiger partial charge on any atom is -0.382 e. The van der Waals surface area contributed by atoms with Crippen LogP contribution in [0.25, 0.3) is 0 Å². The fraction of sp³-hybridized carbons (Fsp3) is 0.714. The van der Waals surface area contributed by atoms with Crippen LogP contribution in [-0.2, 0) is 5.41 Å². The molecule has 0 aliphatic heterocycles. The monoisotopic (exact) mass is 248 g/mol. The van der Waals surface area contributed by atoms with Gasteiger partial charge in [-0.15, -0.1) is 0 Å². The van der Waals surface area contributed by atoms with E-state index in [1.165, 1.54) is 12.8 Å². The predicted molar refractivity (Wildman–Crippen MR) is 74.9 cm³/mol. The summed E-state index contributed by atoms with van der Waals surface area (Å²) in [5.41, 5.74) is 7.73. The summed E-state index contributed by atoms with van der Waals surface area (Å²) >= 11 is 0. The molecular formula is C14H24N4. The lowest BCUT2D eigenvalue weighted by atomic mass is 9.90. The first kappa shape index (κ1) is 13.3. The zero-order valence-electron chi connectivity index (χ0n) is 11.7. The third kappa shape index (κ3) is 3.19. The van der Waals surface area contributed by atoms with Crippen LogP contribution in [0.3, 0.4) is 0 Å². The second-order valence-electron chi connectivity index (χ2n) is 6.08. The Morgan fingerprint density at radius 3 is 2.67 bits per heavy atom. The van der Waals surface area contributed by atoms with Crippen LogP contribution in [0.5, 0.6) is 0 Å². The van der Waals surface area contributed by atoms with Crippen LogP contribution in [-0.4, -0.2) is 23.1 Å². The number of aromatic nitrogens is 2. The number of rotatable bonds is 5. The molecule has 1 heterocycles. The molecular weight excluding hydrogens is 224 g/mol. The Balaban J connectivity index is 2.21. The Morgan fingerprint density at radius 2 is 2.11 bits per heavy atom. The van der Waals surface area contributed by atoms with Gasteiger partial charge in [-0.3, -0.25) is 0 Å². The quantitative estimate of drug-likeness (QED) is 0.785. The second kappa shape index (κ2) is 5.22. The lowest BCUT2D eigenvalue weighted by Gasteiger charge is -2.22. The third-order valence-corrected chi connectivity index (χ3v) is 3.16. The standard InChI is InChI=1S/C14H24N4/c1-14(2,3)12-11(16-8-4-7-15)9-17-13(18-12)10-5-6-10/h9-10,16H,4-8,15H2,1-3H3. The van der Waals surface area contributed by atoms with Crippen molar-refractivity contribution >= 4 is 5.69 Å². The fourth-order valence-corrected chi connectivity index (χ4v) is 1.96. The molecule has 2 rings (SSSR count). The summed E-state index contributed by atoms with van der Waals surface area (Å²) in [6.07, 6.45) is 5.39. The lowest BCUT2D eigenvalue weighted by molar-refractivity contribution is 0.563. The minimum absolute atomic E-state index is 0.0393. The average Bonchev–Trinajstić information content (AvgIpc) is 3.12. The van der Waals surface area contributed by atoms with Crippen molar-refractivity contribution in [2.24, 2.45) is 5.73 Å². The number of hydrogen-bond donors (Lipinski definition) is 2. The summed E-state index contributed by atoms with van der Waals surface area (Å²) in [5.74, 6) is 1.62. The number of hydrogen-bond acceptors (Lipinski definition) is 4. The highest BCUT2D eigenvalue weighted by Gasteiger charge is 2.29. The van der Waals surface area contributed by atoms with Crippen molar-refractivity contribution < 1.29 is 0 Å². The Morgan fingerprint density at radius 1 is 1.39 bits per heavy atom. The number of nitrogens with one attached hydrogen (secondary N) is 1. The van der Waals surface area contributed by atoms with Gasteiger partial charge < -0.3 is 11.1 Å². The minimum atomic E-state index is 0.0393. The highest BCUT2D eigenvalue weighted by Crippen LogP contribution is 2.39. The van der Waals surface area contributed by atoms with E-state index in [0.717, 1.165) is 30.2 Å². The molecule has 0 amide bonds. The average molecular weight is 248 g/mol. The molecule has 1 fully saturated rings. The predicted octanol–water partition coefficient (Wildman–Crippen LogP) is 2.41. The van der Waals surface area contributed by atoms with Crippen LogP contribution in [0.15, 0.2) is 6.20 Å². The van der Waals surface area contributed by atoms with Crippen molar-refractivity contribution in [1.82, 2.24) is 9.97 Å². The molecule has 4 heteroatoms. The molecule has 1 aromatic heterocycles. The summed E-state index contributed by atoms with van der Waals surface area (Å²) in [4.78, 5) is 9.27. The molecule has 0 aromatic carbocycles. The molecule has 3 N–H and O–H groups in total. The van der Waals surface area contributed by atoms with Crippen molar-refractivity contribution in [3.05, 3.63) is 17.7 Å². The van der Waals surface area contributed by atoms with Gasteiger partial charge in [0.15, 0.2) is 0 Å². The maximum absolute atomic E-state index is 5.52. The van der Waals surface area contributed by atoms with Gasteiger partial charge >= 0.3 is 0 Å². The normalized spacial score (nSPS) is 15.8.